The van der Waals surface area contributed by atoms with Crippen molar-refractivity contribution in [3.8, 4) is 0 Å². The largest absolute Gasteiger partial charge is 0.468 e. The van der Waals surface area contributed by atoms with Crippen LogP contribution in [0.5, 0.6) is 0 Å². The molecule has 0 aliphatic carbocycles. The maximum absolute atomic E-state index is 12.3. The lowest BCUT2D eigenvalue weighted by Gasteiger charge is -2.33. The number of nitrogens with zero attached hydrogens (tertiary/aromatic N) is 1. The number of benzene rings is 1. The first-order valence-electron chi connectivity index (χ1n) is 9.82. The number of amides is 1. The van der Waals surface area contributed by atoms with Crippen LogP contribution in [-0.4, -0.2) is 30.4 Å². The Morgan fingerprint density at radius 3 is 2.62 bits per heavy atom. The maximum atomic E-state index is 12.3. The molecule has 1 aromatic carbocycles. The van der Waals surface area contributed by atoms with Crippen molar-refractivity contribution >= 4 is 5.91 Å². The van der Waals surface area contributed by atoms with E-state index < -0.39 is 0 Å². The van der Waals surface area contributed by atoms with E-state index in [2.05, 4.69) is 41.4 Å². The summed E-state index contributed by atoms with van der Waals surface area (Å²) in [6.45, 7) is 4.87. The van der Waals surface area contributed by atoms with Gasteiger partial charge < -0.3 is 9.73 Å². The zero-order valence-corrected chi connectivity index (χ0v) is 15.7. The predicted octanol–water partition coefficient (Wildman–Crippen LogP) is 4.25. The Balaban J connectivity index is 1.45. The first-order chi connectivity index (χ1) is 12.7. The highest BCUT2D eigenvalue weighted by Crippen LogP contribution is 2.24. The van der Waals surface area contributed by atoms with Crippen molar-refractivity contribution in [3.05, 3.63) is 59.5 Å². The molecule has 140 valence electrons. The second-order valence-electron chi connectivity index (χ2n) is 7.27. The van der Waals surface area contributed by atoms with Gasteiger partial charge in [0.15, 0.2) is 0 Å². The highest BCUT2D eigenvalue weighted by molar-refractivity contribution is 5.75. The van der Waals surface area contributed by atoms with Crippen molar-refractivity contribution in [1.82, 2.24) is 10.2 Å². The van der Waals surface area contributed by atoms with Gasteiger partial charge in [0.1, 0.15) is 5.76 Å². The molecular formula is C22H30N2O2. The quantitative estimate of drug-likeness (QED) is 0.771. The van der Waals surface area contributed by atoms with Gasteiger partial charge in [0, 0.05) is 13.0 Å². The zero-order valence-electron chi connectivity index (χ0n) is 15.7. The number of nitrogens with one attached hydrogen (secondary N) is 1. The molecule has 1 amide bonds. The van der Waals surface area contributed by atoms with Gasteiger partial charge >= 0.3 is 0 Å². The van der Waals surface area contributed by atoms with Gasteiger partial charge in [0.05, 0.1) is 12.3 Å². The number of hydrogen-bond acceptors (Lipinski definition) is 3. The van der Waals surface area contributed by atoms with E-state index >= 15 is 0 Å². The average Bonchev–Trinajstić information content (AvgIpc) is 3.19. The van der Waals surface area contributed by atoms with E-state index in [9.17, 15) is 4.79 Å². The molecule has 26 heavy (non-hydrogen) atoms. The molecule has 1 atom stereocenters. The minimum absolute atomic E-state index is 0.130. The van der Waals surface area contributed by atoms with Crippen LogP contribution in [0.3, 0.4) is 0 Å². The molecular weight excluding hydrogens is 324 g/mol. The van der Waals surface area contributed by atoms with Crippen LogP contribution in [0.25, 0.3) is 0 Å². The summed E-state index contributed by atoms with van der Waals surface area (Å²) < 4.78 is 5.64. The third-order valence-corrected chi connectivity index (χ3v) is 5.19. The van der Waals surface area contributed by atoms with E-state index in [1.54, 1.807) is 6.26 Å². The summed E-state index contributed by atoms with van der Waals surface area (Å²) in [5, 5.41) is 3.12. The van der Waals surface area contributed by atoms with E-state index in [4.69, 9.17) is 4.42 Å². The Bertz CT molecular complexity index is 658. The average molecular weight is 354 g/mol. The van der Waals surface area contributed by atoms with Crippen molar-refractivity contribution in [2.24, 2.45) is 0 Å². The van der Waals surface area contributed by atoms with Crippen molar-refractivity contribution in [3.63, 3.8) is 0 Å². The Morgan fingerprint density at radius 2 is 1.92 bits per heavy atom. The lowest BCUT2D eigenvalue weighted by atomic mass is 10.1. The summed E-state index contributed by atoms with van der Waals surface area (Å²) in [5.41, 5.74) is 2.57. The molecule has 3 rings (SSSR count). The van der Waals surface area contributed by atoms with E-state index in [-0.39, 0.29) is 11.9 Å². The summed E-state index contributed by atoms with van der Waals surface area (Å²) in [5.74, 6) is 1.08. The lowest BCUT2D eigenvalue weighted by molar-refractivity contribution is -0.121. The van der Waals surface area contributed by atoms with Crippen molar-refractivity contribution in [2.75, 3.05) is 19.6 Å². The summed E-state index contributed by atoms with van der Waals surface area (Å²) in [4.78, 5) is 14.7. The summed E-state index contributed by atoms with van der Waals surface area (Å²) in [6.07, 6.45) is 7.86. The van der Waals surface area contributed by atoms with Crippen LogP contribution in [0, 0.1) is 6.92 Å². The van der Waals surface area contributed by atoms with Crippen LogP contribution < -0.4 is 5.32 Å². The van der Waals surface area contributed by atoms with Gasteiger partial charge in [-0.15, -0.1) is 0 Å². The minimum Gasteiger partial charge on any atom is -0.468 e. The number of furan rings is 1. The highest BCUT2D eigenvalue weighted by atomic mass is 16.3. The number of carbonyl (C=O) groups is 1. The van der Waals surface area contributed by atoms with Gasteiger partial charge in [-0.05, 0) is 63.4 Å². The predicted molar refractivity (Wildman–Crippen MR) is 104 cm³/mol. The van der Waals surface area contributed by atoms with Gasteiger partial charge in [0.2, 0.25) is 5.91 Å². The van der Waals surface area contributed by atoms with Crippen LogP contribution >= 0.6 is 0 Å². The monoisotopic (exact) mass is 354 g/mol. The van der Waals surface area contributed by atoms with E-state index in [0.717, 1.165) is 31.7 Å². The van der Waals surface area contributed by atoms with Gasteiger partial charge in [-0.1, -0.05) is 36.2 Å². The minimum atomic E-state index is 0.130. The third kappa shape index (κ3) is 5.46. The third-order valence-electron chi connectivity index (χ3n) is 5.19. The molecule has 1 unspecified atom stereocenters. The smallest absolute Gasteiger partial charge is 0.220 e. The van der Waals surface area contributed by atoms with Gasteiger partial charge in [-0.25, -0.2) is 0 Å². The van der Waals surface area contributed by atoms with Gasteiger partial charge in [-0.2, -0.15) is 0 Å². The van der Waals surface area contributed by atoms with Crippen molar-refractivity contribution in [2.45, 2.75) is 51.5 Å². The van der Waals surface area contributed by atoms with Gasteiger partial charge in [-0.3, -0.25) is 9.69 Å². The molecule has 0 radical (unpaired) electrons. The Hall–Kier alpha value is -2.07. The molecule has 1 aliphatic rings. The maximum Gasteiger partial charge on any atom is 0.220 e. The van der Waals surface area contributed by atoms with E-state index in [1.165, 1.54) is 30.4 Å². The summed E-state index contributed by atoms with van der Waals surface area (Å²) in [7, 11) is 0. The number of carbonyl (C=O) groups excluding carboxylic acids is 1. The first-order valence-corrected chi connectivity index (χ1v) is 9.82. The normalized spacial score (nSPS) is 16.3. The Labute approximate surface area is 156 Å². The lowest BCUT2D eigenvalue weighted by Crippen LogP contribution is -2.40. The number of aryl methyl sites for hydroxylation is 2. The molecule has 2 aromatic rings. The van der Waals surface area contributed by atoms with Crippen LogP contribution in [0.15, 0.2) is 47.1 Å². The summed E-state index contributed by atoms with van der Waals surface area (Å²) in [6, 6.07) is 12.6. The molecule has 1 fully saturated rings. The topological polar surface area (TPSA) is 45.5 Å². The zero-order chi connectivity index (χ0) is 18.2. The molecule has 4 nitrogen and oxygen atoms in total. The number of likely N-dealkylation sites (tertiary alicyclic amines) is 1. The number of hydrogen-bond donors (Lipinski definition) is 1. The Morgan fingerprint density at radius 1 is 1.15 bits per heavy atom. The Kier molecular flexibility index (Phi) is 6.89. The van der Waals surface area contributed by atoms with Crippen molar-refractivity contribution in [1.29, 1.82) is 0 Å². The number of rotatable bonds is 8. The molecule has 0 saturated carbocycles. The standard InChI is InChI=1S/C22H30N2O2/c1-18-10-12-19(13-11-18)7-5-9-22(25)23-17-20(21-8-6-16-26-21)24-14-3-2-4-15-24/h6,8,10-13,16,20H,2-5,7,9,14-15,17H2,1H3,(H,23,25). The molecule has 1 saturated heterocycles. The van der Waals surface area contributed by atoms with E-state index in [0.29, 0.717) is 13.0 Å². The van der Waals surface area contributed by atoms with Crippen LogP contribution in [0.4, 0.5) is 0 Å². The molecule has 0 spiro atoms. The van der Waals surface area contributed by atoms with Crippen molar-refractivity contribution < 1.29 is 9.21 Å². The second-order valence-corrected chi connectivity index (χ2v) is 7.27. The fourth-order valence-electron chi connectivity index (χ4n) is 3.63. The molecule has 0 bridgehead atoms. The van der Waals surface area contributed by atoms with Crippen LogP contribution in [-0.2, 0) is 11.2 Å². The number of piperidine rings is 1. The first kappa shape index (κ1) is 18.7. The molecule has 1 N–H and O–H groups in total. The molecule has 2 heterocycles. The fraction of sp³-hybridized carbons (Fsp3) is 0.500. The summed E-state index contributed by atoms with van der Waals surface area (Å²) >= 11 is 0. The molecule has 4 heteroatoms. The van der Waals surface area contributed by atoms with Gasteiger partial charge in [0.25, 0.3) is 0 Å². The SMILES string of the molecule is Cc1ccc(CCCC(=O)NCC(c2ccco2)N2CCCCC2)cc1. The van der Waals surface area contributed by atoms with Crippen LogP contribution in [0.2, 0.25) is 0 Å². The second kappa shape index (κ2) is 9.58. The van der Waals surface area contributed by atoms with Crippen LogP contribution in [0.1, 0.15) is 55.0 Å². The van der Waals surface area contributed by atoms with E-state index in [1.807, 2.05) is 12.1 Å². The fourth-order valence-corrected chi connectivity index (χ4v) is 3.63. The molecule has 1 aliphatic heterocycles. The highest BCUT2D eigenvalue weighted by Gasteiger charge is 2.24. The molecule has 1 aromatic heterocycles.